The quantitative estimate of drug-likeness (QED) is 0.859. The number of aliphatic hydroxyl groups is 1. The summed E-state index contributed by atoms with van der Waals surface area (Å²) in [5.41, 5.74) is 0.630. The molecule has 1 saturated heterocycles. The summed E-state index contributed by atoms with van der Waals surface area (Å²) in [4.78, 5) is 10.6. The molecule has 0 amide bonds. The fourth-order valence-electron chi connectivity index (χ4n) is 4.28. The Morgan fingerprint density at radius 3 is 2.81 bits per heavy atom. The van der Waals surface area contributed by atoms with Gasteiger partial charge in [0.1, 0.15) is 11.6 Å². The molecule has 1 aromatic heterocycles. The number of rotatable bonds is 4. The van der Waals surface area contributed by atoms with Gasteiger partial charge in [0.2, 0.25) is 0 Å². The van der Waals surface area contributed by atoms with Crippen LogP contribution in [-0.2, 0) is 6.54 Å². The molecule has 26 heavy (non-hydrogen) atoms. The lowest BCUT2D eigenvalue weighted by atomic mass is 9.77. The van der Waals surface area contributed by atoms with Gasteiger partial charge in [-0.25, -0.2) is 9.37 Å². The van der Waals surface area contributed by atoms with E-state index in [1.807, 2.05) is 0 Å². The number of benzene rings is 1. The van der Waals surface area contributed by atoms with Crippen LogP contribution in [0.1, 0.15) is 18.4 Å². The van der Waals surface area contributed by atoms with Crippen molar-refractivity contribution in [3.63, 3.8) is 0 Å². The number of aromatic nitrogens is 2. The molecule has 2 aliphatic rings. The van der Waals surface area contributed by atoms with Crippen LogP contribution in [0.3, 0.4) is 0 Å². The summed E-state index contributed by atoms with van der Waals surface area (Å²) in [7, 11) is 0. The summed E-state index contributed by atoms with van der Waals surface area (Å²) in [5, 5.41) is 14.4. The van der Waals surface area contributed by atoms with E-state index in [4.69, 9.17) is 11.6 Å². The molecule has 1 aromatic carbocycles. The van der Waals surface area contributed by atoms with Gasteiger partial charge in [-0.1, -0.05) is 11.6 Å². The predicted octanol–water partition coefficient (Wildman–Crippen LogP) is 2.95. The first kappa shape index (κ1) is 17.6. The first-order valence-corrected chi connectivity index (χ1v) is 9.33. The molecule has 2 heterocycles. The van der Waals surface area contributed by atoms with Crippen LogP contribution in [0.5, 0.6) is 0 Å². The Bertz CT molecular complexity index is 762. The van der Waals surface area contributed by atoms with E-state index in [0.717, 1.165) is 25.9 Å². The van der Waals surface area contributed by atoms with Crippen molar-refractivity contribution in [1.82, 2.24) is 14.9 Å². The van der Waals surface area contributed by atoms with Crippen LogP contribution in [0, 0.1) is 17.7 Å². The topological polar surface area (TPSA) is 61.3 Å². The van der Waals surface area contributed by atoms with Crippen LogP contribution in [0.15, 0.2) is 36.8 Å². The zero-order valence-electron chi connectivity index (χ0n) is 14.4. The molecule has 138 valence electrons. The number of halogens is 2. The smallest absolute Gasteiger partial charge is 0.144 e. The summed E-state index contributed by atoms with van der Waals surface area (Å²) < 4.78 is 14.0. The van der Waals surface area contributed by atoms with Gasteiger partial charge >= 0.3 is 0 Å². The molecular weight excluding hydrogens is 355 g/mol. The molecule has 1 aliphatic carbocycles. The second-order valence-electron chi connectivity index (χ2n) is 7.33. The summed E-state index contributed by atoms with van der Waals surface area (Å²) in [6.07, 6.45) is 6.14. The minimum Gasteiger partial charge on any atom is -0.391 e. The van der Waals surface area contributed by atoms with Crippen molar-refractivity contribution in [2.24, 2.45) is 11.8 Å². The van der Waals surface area contributed by atoms with Gasteiger partial charge in [0.15, 0.2) is 0 Å². The normalized spacial score (nSPS) is 28.7. The van der Waals surface area contributed by atoms with E-state index >= 15 is 0 Å². The SMILES string of the molecule is O[C@@H]1C[C@H]2CN(Cc3cc(Cl)ccc3F)C[C@H]2C[C@H]1Nc1cnccn1. The van der Waals surface area contributed by atoms with Gasteiger partial charge in [-0.3, -0.25) is 9.88 Å². The minimum atomic E-state index is -0.416. The van der Waals surface area contributed by atoms with Gasteiger partial charge in [0.25, 0.3) is 0 Å². The number of hydrogen-bond acceptors (Lipinski definition) is 5. The van der Waals surface area contributed by atoms with Crippen molar-refractivity contribution in [2.45, 2.75) is 31.5 Å². The van der Waals surface area contributed by atoms with Crippen LogP contribution < -0.4 is 5.32 Å². The van der Waals surface area contributed by atoms with Crippen LogP contribution in [0.2, 0.25) is 5.02 Å². The number of nitrogens with zero attached hydrogens (tertiary/aromatic N) is 3. The summed E-state index contributed by atoms with van der Waals surface area (Å²) in [6.45, 7) is 2.34. The average Bonchev–Trinajstić information content (AvgIpc) is 3.00. The number of likely N-dealkylation sites (tertiary alicyclic amines) is 1. The third-order valence-corrected chi connectivity index (χ3v) is 5.75. The van der Waals surface area contributed by atoms with E-state index in [9.17, 15) is 9.50 Å². The lowest BCUT2D eigenvalue weighted by molar-refractivity contribution is 0.0735. The van der Waals surface area contributed by atoms with Crippen molar-refractivity contribution < 1.29 is 9.50 Å². The minimum absolute atomic E-state index is 0.0317. The Kier molecular flexibility index (Phi) is 5.07. The average molecular weight is 377 g/mol. The summed E-state index contributed by atoms with van der Waals surface area (Å²) >= 11 is 6.00. The fraction of sp³-hybridized carbons (Fsp3) is 0.474. The van der Waals surface area contributed by atoms with Crippen molar-refractivity contribution in [1.29, 1.82) is 0 Å². The monoisotopic (exact) mass is 376 g/mol. The highest BCUT2D eigenvalue weighted by Gasteiger charge is 2.41. The third-order valence-electron chi connectivity index (χ3n) is 5.52. The van der Waals surface area contributed by atoms with Gasteiger partial charge in [-0.2, -0.15) is 0 Å². The van der Waals surface area contributed by atoms with Gasteiger partial charge in [0, 0.05) is 42.6 Å². The maximum Gasteiger partial charge on any atom is 0.144 e. The van der Waals surface area contributed by atoms with Gasteiger partial charge in [-0.05, 0) is 42.9 Å². The zero-order valence-corrected chi connectivity index (χ0v) is 15.1. The fourth-order valence-corrected chi connectivity index (χ4v) is 4.48. The lowest BCUT2D eigenvalue weighted by Gasteiger charge is -2.35. The maximum absolute atomic E-state index is 14.0. The molecule has 1 saturated carbocycles. The van der Waals surface area contributed by atoms with Crippen molar-refractivity contribution in [2.75, 3.05) is 18.4 Å². The maximum atomic E-state index is 14.0. The van der Waals surface area contributed by atoms with E-state index in [0.29, 0.717) is 34.8 Å². The van der Waals surface area contributed by atoms with E-state index in [1.165, 1.54) is 6.07 Å². The van der Waals surface area contributed by atoms with Crippen LogP contribution in [-0.4, -0.2) is 45.2 Å². The molecular formula is C19H22ClFN4O. The first-order valence-electron chi connectivity index (χ1n) is 8.95. The molecule has 2 aromatic rings. The largest absolute Gasteiger partial charge is 0.391 e. The molecule has 0 spiro atoms. The molecule has 2 fully saturated rings. The second kappa shape index (κ2) is 7.47. The Morgan fingerprint density at radius 2 is 2.04 bits per heavy atom. The predicted molar refractivity (Wildman–Crippen MR) is 98.4 cm³/mol. The second-order valence-corrected chi connectivity index (χ2v) is 7.77. The molecule has 1 aliphatic heterocycles. The van der Waals surface area contributed by atoms with E-state index in [2.05, 4.69) is 20.2 Å². The van der Waals surface area contributed by atoms with Gasteiger partial charge in [-0.15, -0.1) is 0 Å². The van der Waals surface area contributed by atoms with Crippen molar-refractivity contribution >= 4 is 17.4 Å². The number of nitrogens with one attached hydrogen (secondary N) is 1. The third kappa shape index (κ3) is 3.82. The van der Waals surface area contributed by atoms with E-state index < -0.39 is 6.10 Å². The number of fused-ring (bicyclic) bond motifs is 1. The molecule has 0 radical (unpaired) electrons. The standard InChI is InChI=1S/C19H22ClFN4O/c20-15-1-2-16(21)14(5-15)11-25-9-12-6-17(18(26)7-13(12)10-25)24-19-8-22-3-4-23-19/h1-5,8,12-13,17-18,26H,6-7,9-11H2,(H,23,24)/t12-,13+,17-,18-/m1/s1. The van der Waals surface area contributed by atoms with Gasteiger partial charge < -0.3 is 10.4 Å². The Labute approximate surface area is 157 Å². The summed E-state index contributed by atoms with van der Waals surface area (Å²) in [5.74, 6) is 1.39. The van der Waals surface area contributed by atoms with Gasteiger partial charge in [0.05, 0.1) is 18.3 Å². The van der Waals surface area contributed by atoms with E-state index in [-0.39, 0.29) is 11.9 Å². The summed E-state index contributed by atoms with van der Waals surface area (Å²) in [6, 6.07) is 4.66. The molecule has 0 unspecified atom stereocenters. The highest BCUT2D eigenvalue weighted by atomic mass is 35.5. The van der Waals surface area contributed by atoms with Crippen LogP contribution >= 0.6 is 11.6 Å². The molecule has 4 rings (SSSR count). The molecule has 7 heteroatoms. The zero-order chi connectivity index (χ0) is 18.1. The van der Waals surface area contributed by atoms with Crippen molar-refractivity contribution in [3.8, 4) is 0 Å². The van der Waals surface area contributed by atoms with Crippen molar-refractivity contribution in [3.05, 3.63) is 53.2 Å². The number of anilines is 1. The highest BCUT2D eigenvalue weighted by Crippen LogP contribution is 2.38. The molecule has 4 atom stereocenters. The number of hydrogen-bond donors (Lipinski definition) is 2. The lowest BCUT2D eigenvalue weighted by Crippen LogP contribution is -2.43. The van der Waals surface area contributed by atoms with Crippen LogP contribution in [0.25, 0.3) is 0 Å². The van der Waals surface area contributed by atoms with Crippen LogP contribution in [0.4, 0.5) is 10.2 Å². The first-order chi connectivity index (χ1) is 12.6. The Morgan fingerprint density at radius 1 is 1.23 bits per heavy atom. The molecule has 5 nitrogen and oxygen atoms in total. The molecule has 0 bridgehead atoms. The highest BCUT2D eigenvalue weighted by molar-refractivity contribution is 6.30. The molecule has 2 N–H and O–H groups in total. The number of aliphatic hydroxyl groups excluding tert-OH is 1. The Hall–Kier alpha value is -1.76. The Balaban J connectivity index is 1.40. The van der Waals surface area contributed by atoms with E-state index in [1.54, 1.807) is 30.7 Å².